The molecule has 22 heavy (non-hydrogen) atoms. The van der Waals surface area contributed by atoms with Crippen LogP contribution < -0.4 is 10.1 Å². The number of nitrogens with one attached hydrogen (secondary N) is 1. The van der Waals surface area contributed by atoms with Gasteiger partial charge in [-0.25, -0.2) is 0 Å². The Morgan fingerprint density at radius 1 is 1.32 bits per heavy atom. The SMILES string of the molecule is COc1ccc(NC(=O)C[C@@H](C(=O)O)N2CCOCC2)cc1. The minimum atomic E-state index is -0.994. The van der Waals surface area contributed by atoms with E-state index < -0.39 is 12.0 Å². The molecule has 0 radical (unpaired) electrons. The van der Waals surface area contributed by atoms with Gasteiger partial charge in [-0.15, -0.1) is 0 Å². The van der Waals surface area contributed by atoms with Gasteiger partial charge in [0.1, 0.15) is 11.8 Å². The Hall–Kier alpha value is -2.12. The second-order valence-corrected chi connectivity index (χ2v) is 4.98. The van der Waals surface area contributed by atoms with E-state index in [1.54, 1.807) is 36.3 Å². The van der Waals surface area contributed by atoms with Gasteiger partial charge in [-0.1, -0.05) is 0 Å². The van der Waals surface area contributed by atoms with E-state index in [4.69, 9.17) is 9.47 Å². The number of hydrogen-bond donors (Lipinski definition) is 2. The first kappa shape index (κ1) is 16.3. The highest BCUT2D eigenvalue weighted by molar-refractivity contribution is 5.94. The van der Waals surface area contributed by atoms with Crippen LogP contribution in [0.25, 0.3) is 0 Å². The summed E-state index contributed by atoms with van der Waals surface area (Å²) in [5, 5.41) is 12.0. The Labute approximate surface area is 128 Å². The fraction of sp³-hybridized carbons (Fsp3) is 0.467. The largest absolute Gasteiger partial charge is 0.497 e. The van der Waals surface area contributed by atoms with Crippen LogP contribution in [0.3, 0.4) is 0 Å². The first-order valence-corrected chi connectivity index (χ1v) is 7.08. The first-order valence-electron chi connectivity index (χ1n) is 7.08. The Kier molecular flexibility index (Phi) is 5.74. The van der Waals surface area contributed by atoms with Crippen LogP contribution in [-0.4, -0.2) is 61.3 Å². The maximum absolute atomic E-state index is 12.1. The summed E-state index contributed by atoms with van der Waals surface area (Å²) in [5.74, 6) is -0.634. The normalized spacial score (nSPS) is 16.8. The molecule has 1 aliphatic heterocycles. The maximum Gasteiger partial charge on any atom is 0.321 e. The number of aliphatic carboxylic acids is 1. The summed E-state index contributed by atoms with van der Waals surface area (Å²) in [6, 6.07) is 6.04. The number of methoxy groups -OCH3 is 1. The molecule has 1 atom stereocenters. The molecule has 0 bridgehead atoms. The van der Waals surface area contributed by atoms with Crippen molar-refractivity contribution in [3.63, 3.8) is 0 Å². The molecule has 0 unspecified atom stereocenters. The summed E-state index contributed by atoms with van der Waals surface area (Å²) in [4.78, 5) is 25.2. The molecule has 7 nitrogen and oxygen atoms in total. The number of carboxylic acid groups (broad SMARTS) is 1. The quantitative estimate of drug-likeness (QED) is 0.808. The molecule has 1 aromatic carbocycles. The topological polar surface area (TPSA) is 88.1 Å². The summed E-state index contributed by atoms with van der Waals surface area (Å²) in [7, 11) is 1.56. The second kappa shape index (κ2) is 7.77. The number of rotatable bonds is 6. The number of morpholine rings is 1. The lowest BCUT2D eigenvalue weighted by Gasteiger charge is -2.31. The van der Waals surface area contributed by atoms with Crippen LogP contribution in [0.2, 0.25) is 0 Å². The summed E-state index contributed by atoms with van der Waals surface area (Å²) in [5.41, 5.74) is 0.608. The summed E-state index contributed by atoms with van der Waals surface area (Å²) < 4.78 is 10.2. The van der Waals surface area contributed by atoms with Crippen LogP contribution in [0.4, 0.5) is 5.69 Å². The van der Waals surface area contributed by atoms with Gasteiger partial charge in [0.25, 0.3) is 0 Å². The molecular weight excluding hydrogens is 288 g/mol. The molecule has 2 N–H and O–H groups in total. The van der Waals surface area contributed by atoms with Gasteiger partial charge in [0.2, 0.25) is 5.91 Å². The molecule has 0 spiro atoms. The lowest BCUT2D eigenvalue weighted by molar-refractivity contribution is -0.147. The average Bonchev–Trinajstić information content (AvgIpc) is 2.54. The zero-order valence-electron chi connectivity index (χ0n) is 12.4. The minimum Gasteiger partial charge on any atom is -0.497 e. The van der Waals surface area contributed by atoms with E-state index in [2.05, 4.69) is 5.32 Å². The summed E-state index contributed by atoms with van der Waals surface area (Å²) in [6.45, 7) is 2.02. The molecule has 1 aliphatic rings. The fourth-order valence-electron chi connectivity index (χ4n) is 2.32. The van der Waals surface area contributed by atoms with Crippen molar-refractivity contribution in [2.45, 2.75) is 12.5 Å². The molecule has 0 aliphatic carbocycles. The van der Waals surface area contributed by atoms with E-state index in [0.717, 1.165) is 0 Å². The fourth-order valence-corrected chi connectivity index (χ4v) is 2.32. The molecule has 0 saturated carbocycles. The predicted molar refractivity (Wildman–Crippen MR) is 80.1 cm³/mol. The van der Waals surface area contributed by atoms with Crippen LogP contribution in [0, 0.1) is 0 Å². The lowest BCUT2D eigenvalue weighted by Crippen LogP contribution is -2.48. The number of amides is 1. The number of ether oxygens (including phenoxy) is 2. The van der Waals surface area contributed by atoms with Gasteiger partial charge in [0.05, 0.1) is 26.7 Å². The van der Waals surface area contributed by atoms with Gasteiger partial charge in [-0.3, -0.25) is 14.5 Å². The molecule has 2 rings (SSSR count). The van der Waals surface area contributed by atoms with Gasteiger partial charge >= 0.3 is 5.97 Å². The van der Waals surface area contributed by atoms with Crippen molar-refractivity contribution in [3.8, 4) is 5.75 Å². The van der Waals surface area contributed by atoms with Crippen LogP contribution in [0.15, 0.2) is 24.3 Å². The molecular formula is C15H20N2O5. The average molecular weight is 308 g/mol. The van der Waals surface area contributed by atoms with Crippen molar-refractivity contribution in [1.82, 2.24) is 4.90 Å². The van der Waals surface area contributed by atoms with Crippen molar-refractivity contribution in [3.05, 3.63) is 24.3 Å². The van der Waals surface area contributed by atoms with Crippen LogP contribution >= 0.6 is 0 Å². The van der Waals surface area contributed by atoms with Crippen molar-refractivity contribution < 1.29 is 24.2 Å². The standard InChI is InChI=1S/C15H20N2O5/c1-21-12-4-2-11(3-5-12)16-14(18)10-13(15(19)20)17-6-8-22-9-7-17/h2-5,13H,6-10H2,1H3,(H,16,18)(H,19,20)/t13-/m0/s1. The molecule has 1 aromatic rings. The smallest absolute Gasteiger partial charge is 0.321 e. The van der Waals surface area contributed by atoms with E-state index in [-0.39, 0.29) is 12.3 Å². The number of benzene rings is 1. The highest BCUT2D eigenvalue weighted by Crippen LogP contribution is 2.16. The van der Waals surface area contributed by atoms with Crippen molar-refractivity contribution >= 4 is 17.6 Å². The van der Waals surface area contributed by atoms with E-state index >= 15 is 0 Å². The third-order valence-electron chi connectivity index (χ3n) is 3.52. The third kappa shape index (κ3) is 4.44. The minimum absolute atomic E-state index is 0.0959. The predicted octanol–water partition coefficient (Wildman–Crippen LogP) is 0.809. The number of anilines is 1. The van der Waals surface area contributed by atoms with E-state index in [0.29, 0.717) is 37.7 Å². The Morgan fingerprint density at radius 2 is 1.95 bits per heavy atom. The molecule has 1 saturated heterocycles. The monoisotopic (exact) mass is 308 g/mol. The third-order valence-corrected chi connectivity index (χ3v) is 3.52. The van der Waals surface area contributed by atoms with Crippen LogP contribution in [0.1, 0.15) is 6.42 Å². The van der Waals surface area contributed by atoms with Gasteiger partial charge in [0, 0.05) is 18.8 Å². The van der Waals surface area contributed by atoms with E-state index in [1.165, 1.54) is 0 Å². The number of carboxylic acids is 1. The van der Waals surface area contributed by atoms with E-state index in [1.807, 2.05) is 0 Å². The van der Waals surface area contributed by atoms with Crippen molar-refractivity contribution in [2.24, 2.45) is 0 Å². The zero-order chi connectivity index (χ0) is 15.9. The molecule has 7 heteroatoms. The zero-order valence-corrected chi connectivity index (χ0v) is 12.4. The summed E-state index contributed by atoms with van der Waals surface area (Å²) in [6.07, 6.45) is -0.0959. The van der Waals surface area contributed by atoms with Crippen molar-refractivity contribution in [1.29, 1.82) is 0 Å². The maximum atomic E-state index is 12.1. The Morgan fingerprint density at radius 3 is 2.50 bits per heavy atom. The van der Waals surface area contributed by atoms with Crippen molar-refractivity contribution in [2.75, 3.05) is 38.7 Å². The number of hydrogen-bond acceptors (Lipinski definition) is 5. The van der Waals surface area contributed by atoms with Crippen LogP contribution in [0.5, 0.6) is 5.75 Å². The Balaban J connectivity index is 1.93. The highest BCUT2D eigenvalue weighted by atomic mass is 16.5. The van der Waals surface area contributed by atoms with Gasteiger partial charge in [0.15, 0.2) is 0 Å². The molecule has 1 fully saturated rings. The first-order chi connectivity index (χ1) is 10.6. The van der Waals surface area contributed by atoms with Gasteiger partial charge in [-0.05, 0) is 24.3 Å². The number of carbonyl (C=O) groups excluding carboxylic acids is 1. The number of carbonyl (C=O) groups is 2. The molecule has 1 amide bonds. The highest BCUT2D eigenvalue weighted by Gasteiger charge is 2.29. The van der Waals surface area contributed by atoms with Gasteiger partial charge < -0.3 is 19.9 Å². The van der Waals surface area contributed by atoms with Gasteiger partial charge in [-0.2, -0.15) is 0 Å². The van der Waals surface area contributed by atoms with E-state index in [9.17, 15) is 14.7 Å². The summed E-state index contributed by atoms with van der Waals surface area (Å²) >= 11 is 0. The Bertz CT molecular complexity index is 511. The second-order valence-electron chi connectivity index (χ2n) is 4.98. The molecule has 0 aromatic heterocycles. The molecule has 120 valence electrons. The molecule has 1 heterocycles. The number of nitrogens with zero attached hydrogens (tertiary/aromatic N) is 1. The van der Waals surface area contributed by atoms with Crippen LogP contribution in [-0.2, 0) is 14.3 Å². The lowest BCUT2D eigenvalue weighted by atomic mass is 10.1.